The van der Waals surface area contributed by atoms with Gasteiger partial charge in [0, 0.05) is 0 Å². The average Bonchev–Trinajstić information content (AvgIpc) is 2.66. The Hall–Kier alpha value is -1.57. The third-order valence-corrected chi connectivity index (χ3v) is 2.53. The Morgan fingerprint density at radius 3 is 2.62 bits per heavy atom. The summed E-state index contributed by atoms with van der Waals surface area (Å²) in [6.45, 7) is 6.51. The van der Waals surface area contributed by atoms with Crippen LogP contribution in [-0.2, 0) is 13.1 Å². The summed E-state index contributed by atoms with van der Waals surface area (Å²) >= 11 is 0. The topological polar surface area (TPSA) is 8.81 Å². The van der Waals surface area contributed by atoms with E-state index in [9.17, 15) is 0 Å². The molecule has 0 saturated heterocycles. The normalized spacial score (nSPS) is 10.9. The van der Waals surface area contributed by atoms with Crippen molar-refractivity contribution in [3.63, 3.8) is 0 Å². The molecule has 1 aromatic carbocycles. The highest BCUT2D eigenvalue weighted by atomic mass is 15.1. The number of imidazole rings is 1. The Balaban J connectivity index is 2.03. The summed E-state index contributed by atoms with van der Waals surface area (Å²) in [5, 5.41) is 0. The Labute approximate surface area is 97.2 Å². The summed E-state index contributed by atoms with van der Waals surface area (Å²) in [4.78, 5) is 0. The van der Waals surface area contributed by atoms with Crippen LogP contribution in [0.3, 0.4) is 0 Å². The van der Waals surface area contributed by atoms with E-state index in [2.05, 4.69) is 72.0 Å². The molecule has 84 valence electrons. The van der Waals surface area contributed by atoms with Crippen molar-refractivity contribution >= 4 is 0 Å². The van der Waals surface area contributed by atoms with Crippen LogP contribution in [0.15, 0.2) is 49.1 Å². The lowest BCUT2D eigenvalue weighted by molar-refractivity contribution is -0.687. The summed E-state index contributed by atoms with van der Waals surface area (Å²) in [5.74, 6) is 0.692. The number of aromatic nitrogens is 2. The van der Waals surface area contributed by atoms with Crippen LogP contribution < -0.4 is 4.57 Å². The minimum atomic E-state index is 0.692. The summed E-state index contributed by atoms with van der Waals surface area (Å²) < 4.78 is 4.46. The molecule has 0 spiro atoms. The molecule has 1 aromatic heterocycles. The fourth-order valence-corrected chi connectivity index (χ4v) is 1.86. The summed E-state index contributed by atoms with van der Waals surface area (Å²) in [6, 6.07) is 10.5. The lowest BCUT2D eigenvalue weighted by Crippen LogP contribution is -2.31. The van der Waals surface area contributed by atoms with E-state index in [1.54, 1.807) is 0 Å². The molecule has 2 rings (SSSR count). The standard InChI is InChI=1S/C14H19N2/c1-13(2)10-15-8-9-16(12-15)11-14-6-4-3-5-7-14/h3-9,12-13H,10-11H2,1-2H3/q+1. The van der Waals surface area contributed by atoms with Gasteiger partial charge in [0.2, 0.25) is 6.33 Å². The molecule has 0 unspecified atom stereocenters. The predicted octanol–water partition coefficient (Wildman–Crippen LogP) is 2.48. The molecule has 2 nitrogen and oxygen atoms in total. The van der Waals surface area contributed by atoms with Crippen molar-refractivity contribution in [1.82, 2.24) is 4.57 Å². The molecule has 0 bridgehead atoms. The van der Waals surface area contributed by atoms with Gasteiger partial charge < -0.3 is 0 Å². The third-order valence-electron chi connectivity index (χ3n) is 2.53. The zero-order valence-corrected chi connectivity index (χ0v) is 10.0. The van der Waals surface area contributed by atoms with Crippen LogP contribution in [0.25, 0.3) is 0 Å². The molecule has 0 atom stereocenters. The van der Waals surface area contributed by atoms with Crippen molar-refractivity contribution in [2.24, 2.45) is 5.92 Å². The summed E-state index contributed by atoms with van der Waals surface area (Å²) in [5.41, 5.74) is 1.34. The Morgan fingerprint density at radius 2 is 1.94 bits per heavy atom. The number of rotatable bonds is 4. The van der Waals surface area contributed by atoms with E-state index in [0.29, 0.717) is 5.92 Å². The van der Waals surface area contributed by atoms with E-state index in [-0.39, 0.29) is 0 Å². The van der Waals surface area contributed by atoms with E-state index < -0.39 is 0 Å². The first-order valence-corrected chi connectivity index (χ1v) is 5.83. The van der Waals surface area contributed by atoms with Crippen LogP contribution in [0.2, 0.25) is 0 Å². The van der Waals surface area contributed by atoms with Crippen molar-refractivity contribution in [2.45, 2.75) is 26.9 Å². The molecule has 0 aliphatic heterocycles. The first-order valence-electron chi connectivity index (χ1n) is 5.83. The van der Waals surface area contributed by atoms with Crippen molar-refractivity contribution in [3.8, 4) is 0 Å². The highest BCUT2D eigenvalue weighted by Gasteiger charge is 2.05. The minimum absolute atomic E-state index is 0.692. The molecule has 16 heavy (non-hydrogen) atoms. The number of hydrogen-bond acceptors (Lipinski definition) is 0. The molecule has 0 aliphatic carbocycles. The van der Waals surface area contributed by atoms with Gasteiger partial charge in [-0.15, -0.1) is 0 Å². The summed E-state index contributed by atoms with van der Waals surface area (Å²) in [6.07, 6.45) is 6.45. The smallest absolute Gasteiger partial charge is 0.237 e. The van der Waals surface area contributed by atoms with Gasteiger partial charge in [0.15, 0.2) is 0 Å². The van der Waals surface area contributed by atoms with E-state index in [1.807, 2.05) is 0 Å². The first kappa shape index (κ1) is 10.9. The van der Waals surface area contributed by atoms with Crippen LogP contribution in [0.1, 0.15) is 19.4 Å². The Bertz CT molecular complexity index is 429. The second-order valence-corrected chi connectivity index (χ2v) is 4.66. The van der Waals surface area contributed by atoms with Gasteiger partial charge in [-0.3, -0.25) is 0 Å². The lowest BCUT2D eigenvalue weighted by atomic mass is 10.2. The van der Waals surface area contributed by atoms with Crippen molar-refractivity contribution in [2.75, 3.05) is 0 Å². The Morgan fingerprint density at radius 1 is 1.19 bits per heavy atom. The van der Waals surface area contributed by atoms with E-state index >= 15 is 0 Å². The quantitative estimate of drug-likeness (QED) is 0.693. The number of nitrogens with zero attached hydrogens (tertiary/aromatic N) is 2. The van der Waals surface area contributed by atoms with Crippen LogP contribution in [-0.4, -0.2) is 4.57 Å². The summed E-state index contributed by atoms with van der Waals surface area (Å²) in [7, 11) is 0. The predicted molar refractivity (Wildman–Crippen MR) is 65.0 cm³/mol. The maximum Gasteiger partial charge on any atom is 0.244 e. The van der Waals surface area contributed by atoms with Gasteiger partial charge in [0.1, 0.15) is 18.9 Å². The second kappa shape index (κ2) is 4.97. The zero-order chi connectivity index (χ0) is 11.4. The minimum Gasteiger partial charge on any atom is -0.237 e. The molecule has 0 saturated carbocycles. The van der Waals surface area contributed by atoms with Crippen LogP contribution in [0, 0.1) is 5.92 Å². The average molecular weight is 215 g/mol. The monoisotopic (exact) mass is 215 g/mol. The molecular weight excluding hydrogens is 196 g/mol. The second-order valence-electron chi connectivity index (χ2n) is 4.66. The van der Waals surface area contributed by atoms with Gasteiger partial charge in [0.05, 0.1) is 6.54 Å². The maximum atomic E-state index is 2.24. The van der Waals surface area contributed by atoms with Gasteiger partial charge in [-0.05, 0) is 11.5 Å². The van der Waals surface area contributed by atoms with Crippen LogP contribution >= 0.6 is 0 Å². The van der Waals surface area contributed by atoms with E-state index in [4.69, 9.17) is 0 Å². The van der Waals surface area contributed by atoms with Crippen molar-refractivity contribution in [1.29, 1.82) is 0 Å². The van der Waals surface area contributed by atoms with Crippen LogP contribution in [0.4, 0.5) is 0 Å². The zero-order valence-electron chi connectivity index (χ0n) is 10.0. The highest BCUT2D eigenvalue weighted by molar-refractivity contribution is 5.13. The molecule has 2 aromatic rings. The molecule has 0 fully saturated rings. The number of hydrogen-bond donors (Lipinski definition) is 0. The fraction of sp³-hybridized carbons (Fsp3) is 0.357. The van der Waals surface area contributed by atoms with Gasteiger partial charge in [-0.2, -0.15) is 0 Å². The molecule has 1 heterocycles. The highest BCUT2D eigenvalue weighted by Crippen LogP contribution is 1.99. The van der Waals surface area contributed by atoms with E-state index in [1.165, 1.54) is 5.56 Å². The molecular formula is C14H19N2+. The van der Waals surface area contributed by atoms with Crippen molar-refractivity contribution in [3.05, 3.63) is 54.6 Å². The Kier molecular flexibility index (Phi) is 3.40. The molecule has 0 radical (unpaired) electrons. The molecule has 0 amide bonds. The first-order chi connectivity index (χ1) is 7.74. The molecule has 0 aliphatic rings. The van der Waals surface area contributed by atoms with Gasteiger partial charge in [-0.1, -0.05) is 44.2 Å². The van der Waals surface area contributed by atoms with Crippen LogP contribution in [0.5, 0.6) is 0 Å². The number of benzene rings is 1. The fourth-order valence-electron chi connectivity index (χ4n) is 1.86. The SMILES string of the molecule is CC(C)Cn1cc[n+](Cc2ccccc2)c1. The largest absolute Gasteiger partial charge is 0.244 e. The van der Waals surface area contributed by atoms with E-state index in [0.717, 1.165) is 13.1 Å². The third kappa shape index (κ3) is 2.96. The molecule has 2 heteroatoms. The van der Waals surface area contributed by atoms with Crippen molar-refractivity contribution < 1.29 is 4.57 Å². The molecule has 0 N–H and O–H groups in total. The van der Waals surface area contributed by atoms with Gasteiger partial charge in [0.25, 0.3) is 0 Å². The van der Waals surface area contributed by atoms with Gasteiger partial charge >= 0.3 is 0 Å². The van der Waals surface area contributed by atoms with Gasteiger partial charge in [-0.25, -0.2) is 9.13 Å². The maximum absolute atomic E-state index is 2.24. The lowest BCUT2D eigenvalue weighted by Gasteiger charge is -1.99.